The van der Waals surface area contributed by atoms with Crippen LogP contribution in [-0.2, 0) is 4.79 Å². The van der Waals surface area contributed by atoms with E-state index in [9.17, 15) is 4.79 Å². The average molecular weight is 248 g/mol. The highest BCUT2D eigenvalue weighted by molar-refractivity contribution is 6.25. The smallest absolute Gasteiger partial charge is 0.267 e. The summed E-state index contributed by atoms with van der Waals surface area (Å²) in [7, 11) is 0. The fraction of sp³-hybridized carbons (Fsp3) is 0. The second-order valence-corrected chi connectivity index (χ2v) is 4.21. The lowest BCUT2D eigenvalue weighted by Gasteiger charge is -2.11. The minimum Gasteiger partial charge on any atom is -0.267 e. The highest BCUT2D eigenvalue weighted by Gasteiger charge is 2.23. The van der Waals surface area contributed by atoms with E-state index < -0.39 is 0 Å². The first-order valence-electron chi connectivity index (χ1n) is 6.05. The molecule has 1 heterocycles. The highest BCUT2D eigenvalue weighted by atomic mass is 16.2. The van der Waals surface area contributed by atoms with Crippen LogP contribution in [0.4, 0.5) is 5.69 Å². The fourth-order valence-corrected chi connectivity index (χ4v) is 1.93. The van der Waals surface area contributed by atoms with Gasteiger partial charge >= 0.3 is 0 Å². The van der Waals surface area contributed by atoms with Gasteiger partial charge in [0.2, 0.25) is 0 Å². The standard InChI is InChI=1S/C16H12N2O/c19-16-14(11-13-7-3-1-4-8-13)12-17-18(16)15-9-5-2-6-10-15/h1-12H/b14-11-. The Morgan fingerprint density at radius 1 is 0.895 bits per heavy atom. The first kappa shape index (κ1) is 11.4. The topological polar surface area (TPSA) is 32.7 Å². The monoisotopic (exact) mass is 248 g/mol. The molecule has 0 N–H and O–H groups in total. The molecule has 3 rings (SSSR count). The molecule has 1 aliphatic heterocycles. The highest BCUT2D eigenvalue weighted by Crippen LogP contribution is 2.21. The Labute approximate surface area is 111 Å². The van der Waals surface area contributed by atoms with Crippen LogP contribution in [0.3, 0.4) is 0 Å². The summed E-state index contributed by atoms with van der Waals surface area (Å²) >= 11 is 0. The second kappa shape index (κ2) is 4.90. The third-order valence-electron chi connectivity index (χ3n) is 2.87. The third kappa shape index (κ3) is 2.31. The Bertz CT molecular complexity index is 645. The number of carbonyl (C=O) groups is 1. The van der Waals surface area contributed by atoms with Crippen molar-refractivity contribution >= 4 is 23.9 Å². The zero-order valence-electron chi connectivity index (χ0n) is 10.2. The Hall–Kier alpha value is -2.68. The van der Waals surface area contributed by atoms with E-state index in [4.69, 9.17) is 0 Å². The summed E-state index contributed by atoms with van der Waals surface area (Å²) in [5.74, 6) is -0.102. The first-order chi connectivity index (χ1) is 9.34. The van der Waals surface area contributed by atoms with E-state index in [2.05, 4.69) is 5.10 Å². The van der Waals surface area contributed by atoms with Crippen LogP contribution in [-0.4, -0.2) is 12.1 Å². The number of anilines is 1. The zero-order valence-corrected chi connectivity index (χ0v) is 10.2. The molecule has 0 atom stereocenters. The molecule has 2 aromatic carbocycles. The number of carbonyl (C=O) groups excluding carboxylic acids is 1. The average Bonchev–Trinajstić information content (AvgIpc) is 2.82. The number of benzene rings is 2. The number of hydrazone groups is 1. The number of amides is 1. The molecule has 3 heteroatoms. The van der Waals surface area contributed by atoms with Crippen LogP contribution in [0.2, 0.25) is 0 Å². The maximum absolute atomic E-state index is 12.2. The van der Waals surface area contributed by atoms with E-state index in [0.717, 1.165) is 11.3 Å². The largest absolute Gasteiger partial charge is 0.280 e. The van der Waals surface area contributed by atoms with Crippen molar-refractivity contribution in [2.75, 3.05) is 5.01 Å². The van der Waals surface area contributed by atoms with E-state index in [1.54, 1.807) is 6.21 Å². The molecule has 3 nitrogen and oxygen atoms in total. The van der Waals surface area contributed by atoms with Crippen LogP contribution in [0.1, 0.15) is 5.56 Å². The van der Waals surface area contributed by atoms with Crippen LogP contribution in [0, 0.1) is 0 Å². The minimum atomic E-state index is -0.102. The second-order valence-electron chi connectivity index (χ2n) is 4.21. The lowest BCUT2D eigenvalue weighted by molar-refractivity contribution is -0.114. The molecular formula is C16H12N2O. The maximum Gasteiger partial charge on any atom is 0.280 e. The molecule has 0 fully saturated rings. The Balaban J connectivity index is 1.88. The van der Waals surface area contributed by atoms with E-state index in [1.165, 1.54) is 5.01 Å². The molecule has 1 aliphatic rings. The van der Waals surface area contributed by atoms with E-state index in [-0.39, 0.29) is 5.91 Å². The van der Waals surface area contributed by atoms with Gasteiger partial charge in [-0.15, -0.1) is 0 Å². The molecule has 1 amide bonds. The summed E-state index contributed by atoms with van der Waals surface area (Å²) in [4.78, 5) is 12.2. The maximum atomic E-state index is 12.2. The normalized spacial score (nSPS) is 16.3. The number of rotatable bonds is 2. The number of hydrogen-bond acceptors (Lipinski definition) is 2. The predicted octanol–water partition coefficient (Wildman–Crippen LogP) is 3.10. The summed E-state index contributed by atoms with van der Waals surface area (Å²) < 4.78 is 0. The van der Waals surface area contributed by atoms with Gasteiger partial charge in [0.1, 0.15) is 0 Å². The van der Waals surface area contributed by atoms with Crippen molar-refractivity contribution in [2.45, 2.75) is 0 Å². The molecule has 19 heavy (non-hydrogen) atoms. The van der Waals surface area contributed by atoms with Gasteiger partial charge in [0.15, 0.2) is 0 Å². The van der Waals surface area contributed by atoms with Gasteiger partial charge in [0, 0.05) is 0 Å². The van der Waals surface area contributed by atoms with E-state index in [0.29, 0.717) is 5.57 Å². The van der Waals surface area contributed by atoms with Gasteiger partial charge in [-0.1, -0.05) is 48.5 Å². The van der Waals surface area contributed by atoms with Gasteiger partial charge < -0.3 is 0 Å². The van der Waals surface area contributed by atoms with E-state index >= 15 is 0 Å². The van der Waals surface area contributed by atoms with Crippen LogP contribution in [0.5, 0.6) is 0 Å². The van der Waals surface area contributed by atoms with Crippen LogP contribution in [0.25, 0.3) is 6.08 Å². The molecular weight excluding hydrogens is 236 g/mol. The molecule has 2 aromatic rings. The lowest BCUT2D eigenvalue weighted by atomic mass is 10.1. The predicted molar refractivity (Wildman–Crippen MR) is 76.8 cm³/mol. The van der Waals surface area contributed by atoms with Gasteiger partial charge in [-0.2, -0.15) is 10.1 Å². The Morgan fingerprint density at radius 2 is 1.53 bits per heavy atom. The summed E-state index contributed by atoms with van der Waals surface area (Å²) in [5, 5.41) is 5.57. The minimum absolute atomic E-state index is 0.102. The van der Waals surface area contributed by atoms with Crippen molar-refractivity contribution in [3.05, 3.63) is 71.8 Å². The molecule has 0 bridgehead atoms. The molecule has 0 aliphatic carbocycles. The van der Waals surface area contributed by atoms with Crippen molar-refractivity contribution in [1.82, 2.24) is 0 Å². The molecule has 0 unspecified atom stereocenters. The summed E-state index contributed by atoms with van der Waals surface area (Å²) in [6.07, 6.45) is 3.44. The van der Waals surface area contributed by atoms with Crippen molar-refractivity contribution in [1.29, 1.82) is 0 Å². The molecule has 92 valence electrons. The number of hydrogen-bond donors (Lipinski definition) is 0. The van der Waals surface area contributed by atoms with Crippen molar-refractivity contribution in [2.24, 2.45) is 5.10 Å². The Morgan fingerprint density at radius 3 is 2.21 bits per heavy atom. The zero-order chi connectivity index (χ0) is 13.1. The Kier molecular flexibility index (Phi) is 2.94. The van der Waals surface area contributed by atoms with Gasteiger partial charge in [0.25, 0.3) is 5.91 Å². The van der Waals surface area contributed by atoms with E-state index in [1.807, 2.05) is 66.7 Å². The summed E-state index contributed by atoms with van der Waals surface area (Å²) in [6.45, 7) is 0. The van der Waals surface area contributed by atoms with Crippen LogP contribution >= 0.6 is 0 Å². The van der Waals surface area contributed by atoms with Gasteiger partial charge in [0.05, 0.1) is 17.5 Å². The summed E-state index contributed by atoms with van der Waals surface area (Å²) in [6, 6.07) is 19.2. The number of nitrogens with zero attached hydrogens (tertiary/aromatic N) is 2. The van der Waals surface area contributed by atoms with Gasteiger partial charge in [-0.3, -0.25) is 4.79 Å². The molecule has 0 aromatic heterocycles. The van der Waals surface area contributed by atoms with Crippen molar-refractivity contribution < 1.29 is 4.79 Å². The van der Waals surface area contributed by atoms with Crippen LogP contribution < -0.4 is 5.01 Å². The van der Waals surface area contributed by atoms with Crippen molar-refractivity contribution in [3.63, 3.8) is 0 Å². The summed E-state index contributed by atoms with van der Waals surface area (Å²) in [5.41, 5.74) is 2.36. The quantitative estimate of drug-likeness (QED) is 0.752. The lowest BCUT2D eigenvalue weighted by Crippen LogP contribution is -2.20. The van der Waals surface area contributed by atoms with Crippen molar-refractivity contribution in [3.8, 4) is 0 Å². The number of para-hydroxylation sites is 1. The molecule has 0 radical (unpaired) electrons. The molecule has 0 saturated carbocycles. The van der Waals surface area contributed by atoms with Crippen LogP contribution in [0.15, 0.2) is 71.3 Å². The van der Waals surface area contributed by atoms with Gasteiger partial charge in [-0.25, -0.2) is 0 Å². The fourth-order valence-electron chi connectivity index (χ4n) is 1.93. The third-order valence-corrected chi connectivity index (χ3v) is 2.87. The molecule has 0 spiro atoms. The SMILES string of the molecule is O=C1/C(=C\c2ccccc2)C=NN1c1ccccc1. The molecule has 0 saturated heterocycles. The van der Waals surface area contributed by atoms with Gasteiger partial charge in [-0.05, 0) is 23.8 Å². The first-order valence-corrected chi connectivity index (χ1v) is 6.05.